The van der Waals surface area contributed by atoms with Gasteiger partial charge in [0.15, 0.2) is 0 Å². The summed E-state index contributed by atoms with van der Waals surface area (Å²) in [7, 11) is 0. The summed E-state index contributed by atoms with van der Waals surface area (Å²) >= 11 is 4.13. The summed E-state index contributed by atoms with van der Waals surface area (Å²) in [6, 6.07) is 10.3. The predicted molar refractivity (Wildman–Crippen MR) is 114 cm³/mol. The maximum atomic E-state index is 13.3. The van der Waals surface area contributed by atoms with Gasteiger partial charge in [-0.1, -0.05) is 12.1 Å². The van der Waals surface area contributed by atoms with Gasteiger partial charge in [-0.25, -0.2) is 9.18 Å². The number of benzene rings is 2. The van der Waals surface area contributed by atoms with Crippen LogP contribution in [0.2, 0.25) is 0 Å². The molecular formula is C18H12FI2N3O3. The van der Waals surface area contributed by atoms with E-state index >= 15 is 0 Å². The van der Waals surface area contributed by atoms with Gasteiger partial charge in [0.1, 0.15) is 29.8 Å². The lowest BCUT2D eigenvalue weighted by Gasteiger charge is -2.12. The standard InChI is InChI=1S/C18H12FI2N3O3/c19-13-3-1-2-10(5-13)9-27-16-14(20)6-11(7-15(16)21)4-12(8-22)17(25)24-18(23)26/h1-7H,9H2,(H3,23,24,25,26)/b12-4-. The van der Waals surface area contributed by atoms with Crippen LogP contribution in [0.5, 0.6) is 5.75 Å². The highest BCUT2D eigenvalue weighted by Gasteiger charge is 2.13. The van der Waals surface area contributed by atoms with Gasteiger partial charge in [0.05, 0.1) is 7.14 Å². The molecule has 0 atom stereocenters. The van der Waals surface area contributed by atoms with Crippen LogP contribution in [0, 0.1) is 24.3 Å². The molecule has 9 heteroatoms. The van der Waals surface area contributed by atoms with Crippen molar-refractivity contribution in [1.82, 2.24) is 5.32 Å². The van der Waals surface area contributed by atoms with Gasteiger partial charge >= 0.3 is 6.03 Å². The zero-order valence-corrected chi connectivity index (χ0v) is 17.9. The third-order valence-electron chi connectivity index (χ3n) is 3.21. The smallest absolute Gasteiger partial charge is 0.319 e. The number of urea groups is 1. The molecule has 0 radical (unpaired) electrons. The summed E-state index contributed by atoms with van der Waals surface area (Å²) in [5.41, 5.74) is 5.91. The molecule has 0 spiro atoms. The van der Waals surface area contributed by atoms with E-state index in [2.05, 4.69) is 45.2 Å². The second-order valence-electron chi connectivity index (χ2n) is 5.22. The van der Waals surface area contributed by atoms with Crippen LogP contribution < -0.4 is 15.8 Å². The summed E-state index contributed by atoms with van der Waals surface area (Å²) in [4.78, 5) is 22.5. The molecule has 6 nitrogen and oxygen atoms in total. The summed E-state index contributed by atoms with van der Waals surface area (Å²) in [6.45, 7) is 0.198. The fourth-order valence-corrected chi connectivity index (χ4v) is 4.21. The molecular weight excluding hydrogens is 579 g/mol. The van der Waals surface area contributed by atoms with Gasteiger partial charge in [-0.05, 0) is 86.7 Å². The van der Waals surface area contributed by atoms with Gasteiger partial charge in [0.25, 0.3) is 5.91 Å². The number of primary amides is 1. The van der Waals surface area contributed by atoms with E-state index in [1.54, 1.807) is 30.3 Å². The zero-order chi connectivity index (χ0) is 20.0. The average molecular weight is 591 g/mol. The van der Waals surface area contributed by atoms with Gasteiger partial charge in [-0.2, -0.15) is 5.26 Å². The monoisotopic (exact) mass is 591 g/mol. The minimum absolute atomic E-state index is 0.198. The van der Waals surface area contributed by atoms with Gasteiger partial charge in [-0.3, -0.25) is 10.1 Å². The minimum Gasteiger partial charge on any atom is -0.487 e. The van der Waals surface area contributed by atoms with E-state index in [1.807, 2.05) is 5.32 Å². The Kier molecular flexibility index (Phi) is 7.55. The first kappa shape index (κ1) is 21.1. The maximum absolute atomic E-state index is 13.3. The summed E-state index contributed by atoms with van der Waals surface area (Å²) in [5, 5.41) is 11.0. The molecule has 0 bridgehead atoms. The van der Waals surface area contributed by atoms with E-state index in [0.717, 1.165) is 7.14 Å². The molecule has 0 aliphatic carbocycles. The molecule has 0 aromatic heterocycles. The van der Waals surface area contributed by atoms with Crippen LogP contribution in [0.15, 0.2) is 42.0 Å². The largest absolute Gasteiger partial charge is 0.487 e. The number of amides is 3. The second-order valence-corrected chi connectivity index (χ2v) is 7.54. The van der Waals surface area contributed by atoms with Crippen LogP contribution in [0.1, 0.15) is 11.1 Å². The number of ether oxygens (including phenoxy) is 1. The van der Waals surface area contributed by atoms with E-state index < -0.39 is 11.9 Å². The molecule has 2 aromatic carbocycles. The highest BCUT2D eigenvalue weighted by Crippen LogP contribution is 2.30. The Morgan fingerprint density at radius 2 is 1.93 bits per heavy atom. The Morgan fingerprint density at radius 1 is 1.26 bits per heavy atom. The third kappa shape index (κ3) is 6.17. The number of nitrogens with zero attached hydrogens (tertiary/aromatic N) is 1. The molecule has 0 heterocycles. The predicted octanol–water partition coefficient (Wildman–Crippen LogP) is 3.72. The van der Waals surface area contributed by atoms with Crippen LogP contribution in [0.25, 0.3) is 6.08 Å². The Morgan fingerprint density at radius 3 is 2.48 bits per heavy atom. The molecule has 2 aromatic rings. The number of rotatable bonds is 5. The molecule has 0 fully saturated rings. The lowest BCUT2D eigenvalue weighted by atomic mass is 10.1. The Hall–Kier alpha value is -2.20. The number of carbonyl (C=O) groups is 2. The molecule has 0 unspecified atom stereocenters. The number of hydrogen-bond acceptors (Lipinski definition) is 4. The summed E-state index contributed by atoms with van der Waals surface area (Å²) in [6.07, 6.45) is 1.35. The molecule has 3 N–H and O–H groups in total. The number of nitriles is 1. The van der Waals surface area contributed by atoms with Crippen molar-refractivity contribution < 1.29 is 18.7 Å². The number of hydrogen-bond donors (Lipinski definition) is 2. The van der Waals surface area contributed by atoms with Gasteiger partial charge in [-0.15, -0.1) is 0 Å². The molecule has 0 saturated heterocycles. The summed E-state index contributed by atoms with van der Waals surface area (Å²) in [5.74, 6) is -0.599. The van der Waals surface area contributed by atoms with Crippen LogP contribution in [-0.4, -0.2) is 11.9 Å². The number of nitrogens with two attached hydrogens (primary N) is 1. The highest BCUT2D eigenvalue weighted by molar-refractivity contribution is 14.1. The van der Waals surface area contributed by atoms with Crippen molar-refractivity contribution in [2.24, 2.45) is 5.73 Å². The van der Waals surface area contributed by atoms with Gasteiger partial charge < -0.3 is 10.5 Å². The van der Waals surface area contributed by atoms with E-state index in [9.17, 15) is 14.0 Å². The number of nitrogens with one attached hydrogen (secondary N) is 1. The molecule has 138 valence electrons. The fraction of sp³-hybridized carbons (Fsp3) is 0.0556. The molecule has 0 aliphatic heterocycles. The van der Waals surface area contributed by atoms with E-state index in [1.165, 1.54) is 18.2 Å². The normalized spacial score (nSPS) is 10.8. The van der Waals surface area contributed by atoms with E-state index in [4.69, 9.17) is 15.7 Å². The first-order chi connectivity index (χ1) is 12.8. The Labute approximate surface area is 181 Å². The first-order valence-corrected chi connectivity index (χ1v) is 9.54. The van der Waals surface area contributed by atoms with Gasteiger partial charge in [0, 0.05) is 0 Å². The highest BCUT2D eigenvalue weighted by atomic mass is 127. The quantitative estimate of drug-likeness (QED) is 0.315. The van der Waals surface area contributed by atoms with Crippen LogP contribution >= 0.6 is 45.2 Å². The molecule has 2 rings (SSSR count). The lowest BCUT2D eigenvalue weighted by molar-refractivity contribution is -0.115. The van der Waals surface area contributed by atoms with E-state index in [0.29, 0.717) is 16.9 Å². The van der Waals surface area contributed by atoms with Gasteiger partial charge in [0.2, 0.25) is 0 Å². The molecule has 0 saturated carbocycles. The number of halogens is 3. The van der Waals surface area contributed by atoms with Crippen LogP contribution in [0.4, 0.5) is 9.18 Å². The van der Waals surface area contributed by atoms with Crippen LogP contribution in [-0.2, 0) is 11.4 Å². The molecule has 3 amide bonds. The van der Waals surface area contributed by atoms with Crippen molar-refractivity contribution in [3.63, 3.8) is 0 Å². The van der Waals surface area contributed by atoms with Crippen LogP contribution in [0.3, 0.4) is 0 Å². The molecule has 27 heavy (non-hydrogen) atoms. The second kappa shape index (κ2) is 9.65. The SMILES string of the molecule is N#C/C(=C/c1cc(I)c(OCc2cccc(F)c2)c(I)c1)C(=O)NC(N)=O. The maximum Gasteiger partial charge on any atom is 0.319 e. The average Bonchev–Trinajstić information content (AvgIpc) is 2.58. The topological polar surface area (TPSA) is 105 Å². The molecule has 0 aliphatic rings. The van der Waals surface area contributed by atoms with Crippen molar-refractivity contribution in [3.05, 3.63) is 66.1 Å². The number of imide groups is 1. The first-order valence-electron chi connectivity index (χ1n) is 7.39. The van der Waals surface area contributed by atoms with Crippen molar-refractivity contribution in [1.29, 1.82) is 5.26 Å². The minimum atomic E-state index is -1.04. The Bertz CT molecular complexity index is 948. The zero-order valence-electron chi connectivity index (χ0n) is 13.6. The van der Waals surface area contributed by atoms with Crippen molar-refractivity contribution >= 4 is 63.2 Å². The van der Waals surface area contributed by atoms with Crippen molar-refractivity contribution in [2.45, 2.75) is 6.61 Å². The third-order valence-corrected chi connectivity index (χ3v) is 4.81. The van der Waals surface area contributed by atoms with Crippen molar-refractivity contribution in [2.75, 3.05) is 0 Å². The van der Waals surface area contributed by atoms with Crippen molar-refractivity contribution in [3.8, 4) is 11.8 Å². The van der Waals surface area contributed by atoms with E-state index in [-0.39, 0.29) is 18.0 Å². The Balaban J connectivity index is 2.23. The number of carbonyl (C=O) groups excluding carboxylic acids is 2. The lowest BCUT2D eigenvalue weighted by Crippen LogP contribution is -2.35. The summed E-state index contributed by atoms with van der Waals surface area (Å²) < 4.78 is 20.5. The fourth-order valence-electron chi connectivity index (χ4n) is 2.08.